The highest BCUT2D eigenvalue weighted by atomic mass is 19.1. The molecule has 1 aromatic heterocycles. The molecule has 2 N–H and O–H groups in total. The predicted molar refractivity (Wildman–Crippen MR) is 101 cm³/mol. The van der Waals surface area contributed by atoms with E-state index in [1.165, 1.54) is 0 Å². The Kier molecular flexibility index (Phi) is 6.05. The van der Waals surface area contributed by atoms with Crippen molar-refractivity contribution >= 4 is 11.7 Å². The second-order valence-corrected chi connectivity index (χ2v) is 7.16. The number of aryl methyl sites for hydroxylation is 1. The number of Topliss-reactive ketones (excluding diaryl/α,β-unsaturated/α-hetero) is 1. The lowest BCUT2D eigenvalue weighted by Gasteiger charge is -2.31. The van der Waals surface area contributed by atoms with E-state index in [-0.39, 0.29) is 24.3 Å². The standard InChI is InChI=1S/C20H21F2N3O4/c1-11-14(19(28)24-20(29)23-11)3-5-17(26)25-8-6-12(7-9-25)18(27)15-10-13(21)2-4-16(15)22/h2,4,10,12H,3,5-9H2,1H3,(H2,23,24,28,29). The van der Waals surface area contributed by atoms with Crippen LogP contribution >= 0.6 is 0 Å². The highest BCUT2D eigenvalue weighted by Gasteiger charge is 2.29. The Hall–Kier alpha value is -3.10. The predicted octanol–water partition coefficient (Wildman–Crippen LogP) is 1.70. The quantitative estimate of drug-likeness (QED) is 0.739. The fourth-order valence-electron chi connectivity index (χ4n) is 3.61. The minimum atomic E-state index is -0.753. The van der Waals surface area contributed by atoms with Gasteiger partial charge in [-0.05, 0) is 44.4 Å². The number of ketones is 1. The fraction of sp³-hybridized carbons (Fsp3) is 0.400. The lowest BCUT2D eigenvalue weighted by molar-refractivity contribution is -0.132. The van der Waals surface area contributed by atoms with E-state index in [4.69, 9.17) is 0 Å². The van der Waals surface area contributed by atoms with Crippen LogP contribution in [-0.4, -0.2) is 39.6 Å². The van der Waals surface area contributed by atoms with E-state index >= 15 is 0 Å². The van der Waals surface area contributed by atoms with Gasteiger partial charge in [-0.25, -0.2) is 13.6 Å². The van der Waals surface area contributed by atoms with Gasteiger partial charge in [-0.15, -0.1) is 0 Å². The Morgan fingerprint density at radius 1 is 1.14 bits per heavy atom. The number of carbonyl (C=O) groups is 2. The zero-order valence-corrected chi connectivity index (χ0v) is 15.9. The summed E-state index contributed by atoms with van der Waals surface area (Å²) >= 11 is 0. The van der Waals surface area contributed by atoms with Crippen molar-refractivity contribution in [3.05, 3.63) is 67.5 Å². The summed E-state index contributed by atoms with van der Waals surface area (Å²) < 4.78 is 27.2. The lowest BCUT2D eigenvalue weighted by Crippen LogP contribution is -2.40. The van der Waals surface area contributed by atoms with Gasteiger partial charge >= 0.3 is 5.69 Å². The van der Waals surface area contributed by atoms with Crippen LogP contribution in [0, 0.1) is 24.5 Å². The van der Waals surface area contributed by atoms with Gasteiger partial charge in [-0.2, -0.15) is 0 Å². The number of hydrogen-bond acceptors (Lipinski definition) is 4. The normalized spacial score (nSPS) is 14.8. The third-order valence-electron chi connectivity index (χ3n) is 5.26. The number of piperidine rings is 1. The summed E-state index contributed by atoms with van der Waals surface area (Å²) in [6.07, 6.45) is 0.995. The molecule has 1 aliphatic rings. The monoisotopic (exact) mass is 405 g/mol. The first-order chi connectivity index (χ1) is 13.8. The Morgan fingerprint density at radius 2 is 1.83 bits per heavy atom. The SMILES string of the molecule is Cc1[nH]c(=O)[nH]c(=O)c1CCC(=O)N1CCC(C(=O)c2cc(F)ccc2F)CC1. The Bertz CT molecular complexity index is 1050. The highest BCUT2D eigenvalue weighted by molar-refractivity contribution is 5.98. The molecule has 1 fully saturated rings. The molecular weight excluding hydrogens is 384 g/mol. The maximum atomic E-state index is 13.8. The molecule has 9 heteroatoms. The van der Waals surface area contributed by atoms with E-state index in [1.807, 2.05) is 0 Å². The molecule has 29 heavy (non-hydrogen) atoms. The summed E-state index contributed by atoms with van der Waals surface area (Å²) in [6, 6.07) is 2.80. The van der Waals surface area contributed by atoms with Crippen LogP contribution in [0.2, 0.25) is 0 Å². The van der Waals surface area contributed by atoms with Gasteiger partial charge < -0.3 is 9.88 Å². The number of amides is 1. The van der Waals surface area contributed by atoms with Crippen molar-refractivity contribution in [1.29, 1.82) is 0 Å². The molecule has 1 amide bonds. The van der Waals surface area contributed by atoms with Crippen LogP contribution in [0.5, 0.6) is 0 Å². The molecule has 1 aliphatic heterocycles. The van der Waals surface area contributed by atoms with E-state index in [0.29, 0.717) is 37.2 Å². The molecule has 1 saturated heterocycles. The molecule has 2 aromatic rings. The molecule has 1 aromatic carbocycles. The van der Waals surface area contributed by atoms with Crippen molar-refractivity contribution in [2.24, 2.45) is 5.92 Å². The summed E-state index contributed by atoms with van der Waals surface area (Å²) in [6.45, 7) is 2.25. The Morgan fingerprint density at radius 3 is 2.48 bits per heavy atom. The highest BCUT2D eigenvalue weighted by Crippen LogP contribution is 2.24. The molecule has 0 saturated carbocycles. The van der Waals surface area contributed by atoms with Crippen molar-refractivity contribution < 1.29 is 18.4 Å². The van der Waals surface area contributed by atoms with Gasteiger partial charge in [0.1, 0.15) is 11.6 Å². The molecule has 0 aliphatic carbocycles. The minimum Gasteiger partial charge on any atom is -0.343 e. The molecule has 0 atom stereocenters. The Labute approximate surface area is 164 Å². The lowest BCUT2D eigenvalue weighted by atomic mass is 9.88. The van der Waals surface area contributed by atoms with Crippen LogP contribution < -0.4 is 11.2 Å². The first kappa shape index (κ1) is 20.6. The number of nitrogens with zero attached hydrogens (tertiary/aromatic N) is 1. The first-order valence-electron chi connectivity index (χ1n) is 9.35. The summed E-state index contributed by atoms with van der Waals surface area (Å²) in [5, 5.41) is 0. The molecule has 154 valence electrons. The van der Waals surface area contributed by atoms with E-state index in [1.54, 1.807) is 11.8 Å². The molecule has 2 heterocycles. The van der Waals surface area contributed by atoms with Gasteiger partial charge in [0.05, 0.1) is 5.56 Å². The number of H-pyrrole nitrogens is 2. The third-order valence-corrected chi connectivity index (χ3v) is 5.26. The molecule has 3 rings (SSSR count). The van der Waals surface area contributed by atoms with Gasteiger partial charge in [-0.1, -0.05) is 0 Å². The summed E-state index contributed by atoms with van der Waals surface area (Å²) in [5.41, 5.74) is -0.593. The van der Waals surface area contributed by atoms with E-state index < -0.39 is 34.6 Å². The van der Waals surface area contributed by atoms with Crippen molar-refractivity contribution in [2.75, 3.05) is 13.1 Å². The molecule has 0 bridgehead atoms. The summed E-state index contributed by atoms with van der Waals surface area (Å²) in [7, 11) is 0. The molecule has 0 radical (unpaired) electrons. The van der Waals surface area contributed by atoms with Gasteiger partial charge in [0.25, 0.3) is 5.56 Å². The van der Waals surface area contributed by atoms with E-state index in [9.17, 15) is 28.0 Å². The summed E-state index contributed by atoms with van der Waals surface area (Å²) in [5.74, 6) is -2.52. The van der Waals surface area contributed by atoms with Crippen LogP contribution in [0.4, 0.5) is 8.78 Å². The van der Waals surface area contributed by atoms with Crippen molar-refractivity contribution in [3.63, 3.8) is 0 Å². The van der Waals surface area contributed by atoms with Gasteiger partial charge in [-0.3, -0.25) is 19.4 Å². The van der Waals surface area contributed by atoms with Crippen molar-refractivity contribution in [2.45, 2.75) is 32.6 Å². The summed E-state index contributed by atoms with van der Waals surface area (Å²) in [4.78, 5) is 54.2. The number of halogens is 2. The molecule has 0 spiro atoms. The Balaban J connectivity index is 1.57. The number of nitrogens with one attached hydrogen (secondary N) is 2. The number of aromatic amines is 2. The van der Waals surface area contributed by atoms with Crippen LogP contribution in [-0.2, 0) is 11.2 Å². The van der Waals surface area contributed by atoms with E-state index in [2.05, 4.69) is 9.97 Å². The maximum absolute atomic E-state index is 13.8. The second kappa shape index (κ2) is 8.50. The molecule has 0 unspecified atom stereocenters. The number of likely N-dealkylation sites (tertiary alicyclic amines) is 1. The van der Waals surface area contributed by atoms with E-state index in [0.717, 1.165) is 18.2 Å². The molecular formula is C20H21F2N3O4. The smallest absolute Gasteiger partial charge is 0.325 e. The zero-order valence-electron chi connectivity index (χ0n) is 15.9. The number of benzene rings is 1. The maximum Gasteiger partial charge on any atom is 0.325 e. The van der Waals surface area contributed by atoms with Gasteiger partial charge in [0.15, 0.2) is 5.78 Å². The average Bonchev–Trinajstić information content (AvgIpc) is 2.68. The second-order valence-electron chi connectivity index (χ2n) is 7.16. The third kappa shape index (κ3) is 4.67. The van der Waals surface area contributed by atoms with Gasteiger partial charge in [0.2, 0.25) is 5.91 Å². The number of carbonyl (C=O) groups excluding carboxylic acids is 2. The number of hydrogen-bond donors (Lipinski definition) is 2. The largest absolute Gasteiger partial charge is 0.343 e. The molecule has 7 nitrogen and oxygen atoms in total. The van der Waals surface area contributed by atoms with Gasteiger partial charge in [0, 0.05) is 36.7 Å². The van der Waals surface area contributed by atoms with Crippen molar-refractivity contribution in [1.82, 2.24) is 14.9 Å². The van der Waals surface area contributed by atoms with Crippen LogP contribution in [0.25, 0.3) is 0 Å². The number of aromatic nitrogens is 2. The van der Waals surface area contributed by atoms with Crippen LogP contribution in [0.1, 0.15) is 40.9 Å². The fourth-order valence-corrected chi connectivity index (χ4v) is 3.61. The zero-order chi connectivity index (χ0) is 21.1. The van der Waals surface area contributed by atoms with Crippen LogP contribution in [0.15, 0.2) is 27.8 Å². The number of rotatable bonds is 5. The average molecular weight is 405 g/mol. The van der Waals surface area contributed by atoms with Crippen LogP contribution in [0.3, 0.4) is 0 Å². The minimum absolute atomic E-state index is 0.0904. The first-order valence-corrected chi connectivity index (χ1v) is 9.35. The topological polar surface area (TPSA) is 103 Å². The van der Waals surface area contributed by atoms with Crippen molar-refractivity contribution in [3.8, 4) is 0 Å².